The quantitative estimate of drug-likeness (QED) is 0.209. The minimum Gasteiger partial charge on any atom is -0.493 e. The lowest BCUT2D eigenvalue weighted by molar-refractivity contribution is 0.355. The van der Waals surface area contributed by atoms with Gasteiger partial charge in [-0.2, -0.15) is 0 Å². The normalized spacial score (nSPS) is 11.1. The van der Waals surface area contributed by atoms with E-state index in [9.17, 15) is 0 Å². The first-order valence-corrected chi connectivity index (χ1v) is 13.6. The van der Waals surface area contributed by atoms with E-state index in [1.54, 1.807) is 14.2 Å². The van der Waals surface area contributed by atoms with Gasteiger partial charge in [0.15, 0.2) is 11.5 Å². The van der Waals surface area contributed by atoms with Gasteiger partial charge in [-0.25, -0.2) is 0 Å². The monoisotopic (exact) mass is 544 g/mol. The number of fused-ring (bicyclic) bond motifs is 1. The first kappa shape index (κ1) is 25.8. The van der Waals surface area contributed by atoms with E-state index in [2.05, 4.69) is 86.6 Å². The molecule has 3 nitrogen and oxygen atoms in total. The van der Waals surface area contributed by atoms with Crippen LogP contribution in [-0.2, 0) is 0 Å². The molecule has 4 heteroatoms. The Morgan fingerprint density at radius 3 is 1.77 bits per heavy atom. The maximum Gasteiger partial charge on any atom is 0.161 e. The molecule has 0 aliphatic heterocycles. The number of aryl methyl sites for hydroxylation is 2. The van der Waals surface area contributed by atoms with Crippen LogP contribution in [0.15, 0.2) is 108 Å². The van der Waals surface area contributed by atoms with E-state index in [1.807, 2.05) is 30.3 Å². The van der Waals surface area contributed by atoms with Gasteiger partial charge < -0.3 is 13.9 Å². The Hall–Kier alpha value is -4.47. The first-order valence-electron chi connectivity index (χ1n) is 13.2. The summed E-state index contributed by atoms with van der Waals surface area (Å²) in [5.41, 5.74) is 8.41. The van der Waals surface area contributed by atoms with Crippen LogP contribution in [0.25, 0.3) is 55.7 Å². The number of halogens is 1. The van der Waals surface area contributed by atoms with Crippen molar-refractivity contribution in [1.82, 2.24) is 0 Å². The van der Waals surface area contributed by atoms with Crippen molar-refractivity contribution in [3.8, 4) is 56.4 Å². The van der Waals surface area contributed by atoms with E-state index in [1.165, 1.54) is 16.5 Å². The van der Waals surface area contributed by atoms with Crippen molar-refractivity contribution in [2.24, 2.45) is 0 Å². The number of benzene rings is 5. The minimum absolute atomic E-state index is 0.642. The van der Waals surface area contributed by atoms with Gasteiger partial charge in [-0.15, -0.1) is 0 Å². The third-order valence-corrected chi connectivity index (χ3v) is 7.46. The molecule has 0 saturated carbocycles. The predicted molar refractivity (Wildman–Crippen MR) is 166 cm³/mol. The number of hydrogen-bond acceptors (Lipinski definition) is 3. The molecule has 0 radical (unpaired) electrons. The zero-order valence-corrected chi connectivity index (χ0v) is 23.7. The van der Waals surface area contributed by atoms with Crippen molar-refractivity contribution >= 4 is 22.4 Å². The SMILES string of the molecule is COc1ccc(-c2oc(-c3ccc4ccccc4c3)c(-c3ccc(Cl)cc3)c2-c2cc(C)cc(C)c2)cc1OC. The van der Waals surface area contributed by atoms with Crippen LogP contribution in [0.2, 0.25) is 5.02 Å². The molecule has 40 heavy (non-hydrogen) atoms. The van der Waals surface area contributed by atoms with Crippen LogP contribution in [0.1, 0.15) is 11.1 Å². The highest BCUT2D eigenvalue weighted by Gasteiger charge is 2.26. The van der Waals surface area contributed by atoms with Crippen LogP contribution in [-0.4, -0.2) is 14.2 Å². The fraction of sp³-hybridized carbons (Fsp3) is 0.111. The summed E-state index contributed by atoms with van der Waals surface area (Å²) >= 11 is 6.33. The summed E-state index contributed by atoms with van der Waals surface area (Å²) in [5, 5.41) is 3.02. The van der Waals surface area contributed by atoms with Gasteiger partial charge in [0.25, 0.3) is 0 Å². The summed E-state index contributed by atoms with van der Waals surface area (Å²) in [6, 6.07) is 35.3. The van der Waals surface area contributed by atoms with E-state index < -0.39 is 0 Å². The Kier molecular flexibility index (Phi) is 6.83. The van der Waals surface area contributed by atoms with Crippen LogP contribution in [0.4, 0.5) is 0 Å². The molecule has 0 saturated heterocycles. The number of methoxy groups -OCH3 is 2. The number of hydrogen-bond donors (Lipinski definition) is 0. The van der Waals surface area contributed by atoms with E-state index >= 15 is 0 Å². The molecule has 0 atom stereocenters. The van der Waals surface area contributed by atoms with Gasteiger partial charge in [0.05, 0.1) is 14.2 Å². The van der Waals surface area contributed by atoms with E-state index in [0.717, 1.165) is 50.3 Å². The number of rotatable bonds is 6. The Morgan fingerprint density at radius 2 is 1.10 bits per heavy atom. The first-order chi connectivity index (χ1) is 19.4. The maximum absolute atomic E-state index is 6.93. The van der Waals surface area contributed by atoms with E-state index in [0.29, 0.717) is 16.5 Å². The summed E-state index contributed by atoms with van der Waals surface area (Å²) in [5.74, 6) is 2.87. The number of furan rings is 1. The van der Waals surface area contributed by atoms with Crippen molar-refractivity contribution in [2.45, 2.75) is 13.8 Å². The van der Waals surface area contributed by atoms with E-state index in [-0.39, 0.29) is 0 Å². The predicted octanol–water partition coefficient (Wildman–Crippen LogP) is 10.4. The third-order valence-electron chi connectivity index (χ3n) is 7.21. The molecule has 198 valence electrons. The smallest absolute Gasteiger partial charge is 0.161 e. The summed E-state index contributed by atoms with van der Waals surface area (Å²) in [7, 11) is 3.29. The fourth-order valence-electron chi connectivity index (χ4n) is 5.43. The zero-order chi connectivity index (χ0) is 27.8. The Labute approximate surface area is 239 Å². The highest BCUT2D eigenvalue weighted by Crippen LogP contribution is 2.50. The molecule has 1 aromatic heterocycles. The minimum atomic E-state index is 0.642. The number of ether oxygens (including phenoxy) is 2. The average molecular weight is 545 g/mol. The highest BCUT2D eigenvalue weighted by atomic mass is 35.5. The molecule has 0 aliphatic rings. The van der Waals surface area contributed by atoms with Crippen molar-refractivity contribution < 1.29 is 13.9 Å². The van der Waals surface area contributed by atoms with Gasteiger partial charge in [0.1, 0.15) is 11.5 Å². The zero-order valence-electron chi connectivity index (χ0n) is 22.9. The van der Waals surface area contributed by atoms with Crippen molar-refractivity contribution in [3.63, 3.8) is 0 Å². The molecule has 6 aromatic rings. The Bertz CT molecular complexity index is 1830. The van der Waals surface area contributed by atoms with Gasteiger partial charge in [-0.1, -0.05) is 89.5 Å². The molecule has 0 bridgehead atoms. The van der Waals surface area contributed by atoms with Crippen molar-refractivity contribution in [2.75, 3.05) is 14.2 Å². The molecular formula is C36H29ClO3. The molecule has 0 unspecified atom stereocenters. The lowest BCUT2D eigenvalue weighted by atomic mass is 9.90. The maximum atomic E-state index is 6.93. The van der Waals surface area contributed by atoms with Gasteiger partial charge in [0, 0.05) is 27.3 Å². The highest BCUT2D eigenvalue weighted by molar-refractivity contribution is 6.30. The van der Waals surface area contributed by atoms with Crippen LogP contribution in [0.3, 0.4) is 0 Å². The van der Waals surface area contributed by atoms with Gasteiger partial charge in [0.2, 0.25) is 0 Å². The summed E-state index contributed by atoms with van der Waals surface area (Å²) < 4.78 is 18.1. The Balaban J connectivity index is 1.72. The van der Waals surface area contributed by atoms with Gasteiger partial charge in [-0.05, 0) is 72.1 Å². The van der Waals surface area contributed by atoms with Crippen LogP contribution in [0, 0.1) is 13.8 Å². The van der Waals surface area contributed by atoms with Crippen LogP contribution in [0.5, 0.6) is 11.5 Å². The average Bonchev–Trinajstić information content (AvgIpc) is 3.37. The van der Waals surface area contributed by atoms with Crippen LogP contribution >= 0.6 is 11.6 Å². The lowest BCUT2D eigenvalue weighted by Crippen LogP contribution is -1.91. The molecule has 0 fully saturated rings. The van der Waals surface area contributed by atoms with E-state index in [4.69, 9.17) is 25.5 Å². The van der Waals surface area contributed by atoms with Gasteiger partial charge in [-0.3, -0.25) is 0 Å². The lowest BCUT2D eigenvalue weighted by Gasteiger charge is -2.12. The largest absolute Gasteiger partial charge is 0.493 e. The third kappa shape index (κ3) is 4.74. The second-order valence-electron chi connectivity index (χ2n) is 10.0. The second-order valence-corrected chi connectivity index (χ2v) is 10.5. The second kappa shape index (κ2) is 10.6. The van der Waals surface area contributed by atoms with Crippen LogP contribution < -0.4 is 9.47 Å². The standard InChI is InChI=1S/C36H29ClO3/c1-22-17-23(2)19-29(18-22)34-33(25-11-14-30(37)15-12-25)35(27-10-9-24-7-5-6-8-26(24)20-27)40-36(34)28-13-16-31(38-3)32(21-28)39-4/h5-21H,1-4H3. The summed E-state index contributed by atoms with van der Waals surface area (Å²) in [6.45, 7) is 4.25. The molecular weight excluding hydrogens is 516 g/mol. The molecule has 0 N–H and O–H groups in total. The van der Waals surface area contributed by atoms with Gasteiger partial charge >= 0.3 is 0 Å². The summed E-state index contributed by atoms with van der Waals surface area (Å²) in [6.07, 6.45) is 0. The van der Waals surface area contributed by atoms with Crippen molar-refractivity contribution in [3.05, 3.63) is 119 Å². The molecule has 0 aliphatic carbocycles. The molecule has 6 rings (SSSR count). The fourth-order valence-corrected chi connectivity index (χ4v) is 5.56. The van der Waals surface area contributed by atoms with Crippen molar-refractivity contribution in [1.29, 1.82) is 0 Å². The summed E-state index contributed by atoms with van der Waals surface area (Å²) in [4.78, 5) is 0. The molecule has 1 heterocycles. The molecule has 5 aromatic carbocycles. The molecule has 0 amide bonds. The molecule has 0 spiro atoms. The Morgan fingerprint density at radius 1 is 0.525 bits per heavy atom. The topological polar surface area (TPSA) is 31.6 Å².